The average Bonchev–Trinajstić information content (AvgIpc) is 2.38. The van der Waals surface area contributed by atoms with E-state index in [-0.39, 0.29) is 10.6 Å². The number of hydrogen-bond donors (Lipinski definition) is 3. The number of hydrogen-bond acceptors (Lipinski definition) is 5. The first-order valence-electron chi connectivity index (χ1n) is 6.07. The van der Waals surface area contributed by atoms with Gasteiger partial charge in [0.05, 0.1) is 5.69 Å². The van der Waals surface area contributed by atoms with Gasteiger partial charge in [-0.3, -0.25) is 0 Å². The van der Waals surface area contributed by atoms with Crippen molar-refractivity contribution in [2.45, 2.75) is 17.7 Å². The molecule has 0 unspecified atom stereocenters. The first-order chi connectivity index (χ1) is 9.01. The van der Waals surface area contributed by atoms with Crippen molar-refractivity contribution in [3.63, 3.8) is 0 Å². The molecule has 0 atom stereocenters. The van der Waals surface area contributed by atoms with Crippen LogP contribution in [-0.4, -0.2) is 34.0 Å². The largest absolute Gasteiger partial charge is 0.398 e. The lowest BCUT2D eigenvalue weighted by atomic mass is 10.2. The summed E-state index contributed by atoms with van der Waals surface area (Å²) < 4.78 is 25.6. The molecule has 0 spiro atoms. The van der Waals surface area contributed by atoms with Crippen LogP contribution in [0.15, 0.2) is 23.1 Å². The van der Waals surface area contributed by atoms with Crippen LogP contribution in [0, 0.1) is 0 Å². The zero-order chi connectivity index (χ0) is 14.3. The third-order valence-electron chi connectivity index (χ3n) is 2.67. The van der Waals surface area contributed by atoms with Crippen LogP contribution in [0.3, 0.4) is 0 Å². The number of thioether (sulfide) groups is 1. The van der Waals surface area contributed by atoms with E-state index < -0.39 is 10.0 Å². The summed E-state index contributed by atoms with van der Waals surface area (Å²) in [5.74, 6) is 1.16. The van der Waals surface area contributed by atoms with Crippen molar-refractivity contribution in [1.82, 2.24) is 4.72 Å². The molecule has 108 valence electrons. The topological polar surface area (TPSA) is 84.2 Å². The van der Waals surface area contributed by atoms with Crippen LogP contribution in [0.1, 0.15) is 12.8 Å². The minimum atomic E-state index is -3.48. The van der Waals surface area contributed by atoms with Crippen molar-refractivity contribution in [3.05, 3.63) is 18.2 Å². The number of nitrogen functional groups attached to an aromatic ring is 1. The third-order valence-corrected chi connectivity index (χ3v) is 4.86. The van der Waals surface area contributed by atoms with E-state index >= 15 is 0 Å². The van der Waals surface area contributed by atoms with Gasteiger partial charge in [-0.2, -0.15) is 11.8 Å². The second-order valence-corrected chi connectivity index (χ2v) is 6.93. The van der Waals surface area contributed by atoms with E-state index in [0.717, 1.165) is 30.8 Å². The van der Waals surface area contributed by atoms with Gasteiger partial charge in [0.25, 0.3) is 0 Å². The number of unbranched alkanes of at least 4 members (excludes halogenated alkanes) is 1. The Morgan fingerprint density at radius 1 is 1.32 bits per heavy atom. The molecule has 0 aromatic heterocycles. The molecule has 0 aliphatic rings. The lowest BCUT2D eigenvalue weighted by Crippen LogP contribution is -2.20. The molecule has 19 heavy (non-hydrogen) atoms. The predicted octanol–water partition coefficient (Wildman–Crippen LogP) is 1.73. The Labute approximate surface area is 119 Å². The molecular formula is C12H21N3O2S2. The van der Waals surface area contributed by atoms with Gasteiger partial charge >= 0.3 is 0 Å². The highest BCUT2D eigenvalue weighted by Gasteiger charge is 2.14. The molecule has 7 heteroatoms. The Morgan fingerprint density at radius 2 is 2.05 bits per heavy atom. The lowest BCUT2D eigenvalue weighted by Gasteiger charge is -2.10. The van der Waals surface area contributed by atoms with Gasteiger partial charge < -0.3 is 11.1 Å². The maximum Gasteiger partial charge on any atom is 0.242 e. The summed E-state index contributed by atoms with van der Waals surface area (Å²) in [6.45, 7) is 0.859. The van der Waals surface area contributed by atoms with Gasteiger partial charge in [-0.25, -0.2) is 13.1 Å². The molecule has 0 heterocycles. The lowest BCUT2D eigenvalue weighted by molar-refractivity contribution is 0.588. The van der Waals surface area contributed by atoms with E-state index in [1.807, 2.05) is 11.8 Å². The van der Waals surface area contributed by atoms with Gasteiger partial charge in [-0.15, -0.1) is 0 Å². The van der Waals surface area contributed by atoms with Crippen molar-refractivity contribution < 1.29 is 8.42 Å². The van der Waals surface area contributed by atoms with Crippen LogP contribution in [0.2, 0.25) is 0 Å². The van der Waals surface area contributed by atoms with Crippen molar-refractivity contribution in [2.75, 3.05) is 36.7 Å². The molecule has 0 saturated heterocycles. The van der Waals surface area contributed by atoms with Crippen molar-refractivity contribution in [2.24, 2.45) is 0 Å². The fourth-order valence-corrected chi connectivity index (χ4v) is 2.95. The smallest absolute Gasteiger partial charge is 0.242 e. The zero-order valence-corrected chi connectivity index (χ0v) is 12.9. The van der Waals surface area contributed by atoms with Gasteiger partial charge in [0.15, 0.2) is 0 Å². The van der Waals surface area contributed by atoms with Crippen molar-refractivity contribution >= 4 is 33.2 Å². The first kappa shape index (κ1) is 16.1. The molecule has 0 radical (unpaired) electrons. The Morgan fingerprint density at radius 3 is 2.63 bits per heavy atom. The third kappa shape index (κ3) is 4.93. The molecule has 1 rings (SSSR count). The summed E-state index contributed by atoms with van der Waals surface area (Å²) >= 11 is 1.84. The van der Waals surface area contributed by atoms with Crippen LogP contribution in [-0.2, 0) is 10.0 Å². The number of sulfonamides is 1. The Kier molecular flexibility index (Phi) is 6.47. The summed E-state index contributed by atoms with van der Waals surface area (Å²) in [6, 6.07) is 4.90. The quantitative estimate of drug-likeness (QED) is 0.503. The van der Waals surface area contributed by atoms with Crippen LogP contribution < -0.4 is 15.8 Å². The normalized spacial score (nSPS) is 11.5. The van der Waals surface area contributed by atoms with Crippen molar-refractivity contribution in [3.8, 4) is 0 Å². The molecule has 0 saturated carbocycles. The standard InChI is InChI=1S/C12H21N3O2S2/c1-14-19(16,17)12-6-5-10(9-11(12)13)15-7-3-4-8-18-2/h5-6,9,14-15H,3-4,7-8,13H2,1-2H3. The van der Waals surface area contributed by atoms with Gasteiger partial charge in [0, 0.05) is 12.2 Å². The van der Waals surface area contributed by atoms with Crippen LogP contribution in [0.4, 0.5) is 11.4 Å². The van der Waals surface area contributed by atoms with Crippen LogP contribution in [0.25, 0.3) is 0 Å². The molecule has 5 nitrogen and oxygen atoms in total. The highest BCUT2D eigenvalue weighted by Crippen LogP contribution is 2.22. The number of anilines is 2. The monoisotopic (exact) mass is 303 g/mol. The van der Waals surface area contributed by atoms with E-state index in [4.69, 9.17) is 5.73 Å². The molecule has 0 aliphatic heterocycles. The van der Waals surface area contributed by atoms with Crippen LogP contribution in [0.5, 0.6) is 0 Å². The Bertz CT molecular complexity index is 504. The molecule has 1 aromatic rings. The van der Waals surface area contributed by atoms with E-state index in [0.29, 0.717) is 0 Å². The van der Waals surface area contributed by atoms with Crippen molar-refractivity contribution in [1.29, 1.82) is 0 Å². The van der Waals surface area contributed by atoms with E-state index in [1.54, 1.807) is 12.1 Å². The maximum absolute atomic E-state index is 11.7. The predicted molar refractivity (Wildman–Crippen MR) is 83.2 cm³/mol. The summed E-state index contributed by atoms with van der Waals surface area (Å²) in [5, 5.41) is 3.24. The minimum Gasteiger partial charge on any atom is -0.398 e. The SMILES string of the molecule is CNS(=O)(=O)c1ccc(NCCCCSC)cc1N. The van der Waals surface area contributed by atoms with Gasteiger partial charge in [-0.1, -0.05) is 0 Å². The van der Waals surface area contributed by atoms with E-state index in [1.165, 1.54) is 13.1 Å². The molecular weight excluding hydrogens is 282 g/mol. The summed E-state index contributed by atoms with van der Waals surface area (Å²) in [6.07, 6.45) is 4.34. The highest BCUT2D eigenvalue weighted by atomic mass is 32.2. The summed E-state index contributed by atoms with van der Waals surface area (Å²) in [7, 11) is -2.12. The minimum absolute atomic E-state index is 0.114. The number of nitrogens with two attached hydrogens (primary N) is 1. The molecule has 0 aliphatic carbocycles. The Balaban J connectivity index is 2.62. The second-order valence-electron chi connectivity index (χ2n) is 4.09. The fourth-order valence-electron chi connectivity index (χ4n) is 1.62. The summed E-state index contributed by atoms with van der Waals surface area (Å²) in [5.41, 5.74) is 6.87. The molecule has 0 bridgehead atoms. The Hall–Kier alpha value is -0.920. The highest BCUT2D eigenvalue weighted by molar-refractivity contribution is 7.98. The van der Waals surface area contributed by atoms with Gasteiger partial charge in [-0.05, 0) is 50.1 Å². The average molecular weight is 303 g/mol. The fraction of sp³-hybridized carbons (Fsp3) is 0.500. The molecule has 4 N–H and O–H groups in total. The number of benzene rings is 1. The van der Waals surface area contributed by atoms with Crippen LogP contribution >= 0.6 is 11.8 Å². The molecule has 1 aromatic carbocycles. The summed E-state index contributed by atoms with van der Waals surface area (Å²) in [4.78, 5) is 0.114. The first-order valence-corrected chi connectivity index (χ1v) is 8.95. The molecule has 0 amide bonds. The zero-order valence-electron chi connectivity index (χ0n) is 11.3. The van der Waals surface area contributed by atoms with Gasteiger partial charge in [0.1, 0.15) is 4.90 Å². The molecule has 0 fully saturated rings. The van der Waals surface area contributed by atoms with E-state index in [9.17, 15) is 8.42 Å². The van der Waals surface area contributed by atoms with Gasteiger partial charge in [0.2, 0.25) is 10.0 Å². The van der Waals surface area contributed by atoms with E-state index in [2.05, 4.69) is 16.3 Å². The number of nitrogens with one attached hydrogen (secondary N) is 2. The second kappa shape index (κ2) is 7.62. The number of rotatable bonds is 8. The maximum atomic E-state index is 11.7.